The van der Waals surface area contributed by atoms with E-state index in [4.69, 9.17) is 4.74 Å². The molecule has 1 aliphatic rings. The molecule has 1 fully saturated rings. The second-order valence-corrected chi connectivity index (χ2v) is 5.86. The van der Waals surface area contributed by atoms with Crippen molar-refractivity contribution >= 4 is 32.8 Å². The lowest BCUT2D eigenvalue weighted by Gasteiger charge is -2.35. The van der Waals surface area contributed by atoms with Gasteiger partial charge in [0.05, 0.1) is 17.7 Å². The zero-order chi connectivity index (χ0) is 13.4. The number of rotatable bonds is 1. The summed E-state index contributed by atoms with van der Waals surface area (Å²) < 4.78 is 6.77. The van der Waals surface area contributed by atoms with Gasteiger partial charge in [-0.25, -0.2) is 9.97 Å². The van der Waals surface area contributed by atoms with Crippen LogP contribution in [0.1, 0.15) is 13.8 Å². The fourth-order valence-corrected chi connectivity index (χ4v) is 2.96. The van der Waals surface area contributed by atoms with E-state index < -0.39 is 0 Å². The molecular formula is C14H16BrN3O. The fourth-order valence-electron chi connectivity index (χ4n) is 2.50. The summed E-state index contributed by atoms with van der Waals surface area (Å²) in [6.07, 6.45) is 2.31. The maximum Gasteiger partial charge on any atom is 0.226 e. The molecule has 2 aromatic rings. The van der Waals surface area contributed by atoms with Gasteiger partial charge in [-0.2, -0.15) is 0 Å². The van der Waals surface area contributed by atoms with Crippen LogP contribution in [0.4, 0.5) is 5.95 Å². The molecule has 0 aliphatic carbocycles. The zero-order valence-electron chi connectivity index (χ0n) is 11.0. The average molecular weight is 322 g/mol. The standard InChI is InChI=1S/C14H16BrN3O/c1-9-7-18(8-10(2)19-9)14-16-6-11-12(15)4-3-5-13(11)17-14/h3-6,9-10H,7-8H2,1-2H3/t9-,10+. The van der Waals surface area contributed by atoms with E-state index in [1.165, 1.54) is 0 Å². The number of morpholine rings is 1. The van der Waals surface area contributed by atoms with Gasteiger partial charge in [-0.3, -0.25) is 0 Å². The van der Waals surface area contributed by atoms with Gasteiger partial charge in [0.25, 0.3) is 0 Å². The molecule has 2 atom stereocenters. The van der Waals surface area contributed by atoms with Crippen LogP contribution in [0, 0.1) is 0 Å². The largest absolute Gasteiger partial charge is 0.372 e. The zero-order valence-corrected chi connectivity index (χ0v) is 12.6. The Morgan fingerprint density at radius 1 is 1.26 bits per heavy atom. The molecule has 1 aromatic carbocycles. The van der Waals surface area contributed by atoms with E-state index in [1.807, 2.05) is 24.4 Å². The highest BCUT2D eigenvalue weighted by Crippen LogP contribution is 2.24. The van der Waals surface area contributed by atoms with Gasteiger partial charge in [-0.05, 0) is 26.0 Å². The number of anilines is 1. The van der Waals surface area contributed by atoms with Crippen molar-refractivity contribution in [2.24, 2.45) is 0 Å². The van der Waals surface area contributed by atoms with Crippen LogP contribution in [-0.4, -0.2) is 35.3 Å². The number of benzene rings is 1. The Kier molecular flexibility index (Phi) is 3.41. The summed E-state index contributed by atoms with van der Waals surface area (Å²) in [6, 6.07) is 6.01. The molecule has 100 valence electrons. The number of nitrogens with zero attached hydrogens (tertiary/aromatic N) is 3. The highest BCUT2D eigenvalue weighted by atomic mass is 79.9. The van der Waals surface area contributed by atoms with Crippen molar-refractivity contribution in [1.29, 1.82) is 0 Å². The topological polar surface area (TPSA) is 38.2 Å². The van der Waals surface area contributed by atoms with Gasteiger partial charge in [0, 0.05) is 29.1 Å². The monoisotopic (exact) mass is 321 g/mol. The summed E-state index contributed by atoms with van der Waals surface area (Å²) in [7, 11) is 0. The molecule has 2 heterocycles. The molecule has 3 rings (SSSR count). The Labute approximate surface area is 120 Å². The molecule has 1 aliphatic heterocycles. The van der Waals surface area contributed by atoms with Crippen LogP contribution in [-0.2, 0) is 4.74 Å². The van der Waals surface area contributed by atoms with Gasteiger partial charge in [0.2, 0.25) is 5.95 Å². The molecule has 0 N–H and O–H groups in total. The Balaban J connectivity index is 1.97. The summed E-state index contributed by atoms with van der Waals surface area (Å²) in [5.74, 6) is 0.785. The average Bonchev–Trinajstić information content (AvgIpc) is 2.37. The first-order valence-corrected chi connectivity index (χ1v) is 7.24. The Morgan fingerprint density at radius 2 is 2.00 bits per heavy atom. The van der Waals surface area contributed by atoms with E-state index in [0.29, 0.717) is 0 Å². The van der Waals surface area contributed by atoms with Crippen LogP contribution < -0.4 is 4.90 Å². The lowest BCUT2D eigenvalue weighted by molar-refractivity contribution is -0.00570. The molecule has 1 aromatic heterocycles. The van der Waals surface area contributed by atoms with Gasteiger partial charge in [-0.1, -0.05) is 22.0 Å². The van der Waals surface area contributed by atoms with Crippen molar-refractivity contribution in [3.8, 4) is 0 Å². The van der Waals surface area contributed by atoms with Crippen LogP contribution >= 0.6 is 15.9 Å². The highest BCUT2D eigenvalue weighted by Gasteiger charge is 2.24. The molecule has 4 nitrogen and oxygen atoms in total. The Morgan fingerprint density at radius 3 is 2.74 bits per heavy atom. The molecule has 0 saturated carbocycles. The van der Waals surface area contributed by atoms with E-state index in [9.17, 15) is 0 Å². The van der Waals surface area contributed by atoms with Gasteiger partial charge < -0.3 is 9.64 Å². The third kappa shape index (κ3) is 2.58. The first-order valence-electron chi connectivity index (χ1n) is 6.45. The third-order valence-corrected chi connectivity index (χ3v) is 3.95. The molecule has 19 heavy (non-hydrogen) atoms. The first-order chi connectivity index (χ1) is 9.13. The van der Waals surface area contributed by atoms with Crippen molar-refractivity contribution in [3.63, 3.8) is 0 Å². The van der Waals surface area contributed by atoms with Gasteiger partial charge in [0.15, 0.2) is 0 Å². The van der Waals surface area contributed by atoms with Gasteiger partial charge >= 0.3 is 0 Å². The molecule has 0 unspecified atom stereocenters. The number of hydrogen-bond donors (Lipinski definition) is 0. The molecule has 0 spiro atoms. The van der Waals surface area contributed by atoms with E-state index in [0.717, 1.165) is 34.4 Å². The minimum atomic E-state index is 0.213. The number of halogens is 1. The number of ether oxygens (including phenoxy) is 1. The van der Waals surface area contributed by atoms with Crippen LogP contribution in [0.2, 0.25) is 0 Å². The quantitative estimate of drug-likeness (QED) is 0.809. The Bertz CT molecular complexity index is 594. The summed E-state index contributed by atoms with van der Waals surface area (Å²) >= 11 is 3.52. The van der Waals surface area contributed by atoms with Gasteiger partial charge in [-0.15, -0.1) is 0 Å². The second-order valence-electron chi connectivity index (χ2n) is 5.00. The van der Waals surface area contributed by atoms with E-state index in [1.54, 1.807) is 0 Å². The maximum absolute atomic E-state index is 5.74. The number of aromatic nitrogens is 2. The predicted molar refractivity (Wildman–Crippen MR) is 79.5 cm³/mol. The summed E-state index contributed by atoms with van der Waals surface area (Å²) in [4.78, 5) is 11.3. The van der Waals surface area contributed by atoms with Crippen molar-refractivity contribution in [2.45, 2.75) is 26.1 Å². The molecule has 0 radical (unpaired) electrons. The van der Waals surface area contributed by atoms with E-state index in [2.05, 4.69) is 44.6 Å². The van der Waals surface area contributed by atoms with E-state index in [-0.39, 0.29) is 12.2 Å². The number of fused-ring (bicyclic) bond motifs is 1. The smallest absolute Gasteiger partial charge is 0.226 e. The minimum Gasteiger partial charge on any atom is -0.372 e. The minimum absolute atomic E-state index is 0.213. The third-order valence-electron chi connectivity index (χ3n) is 3.26. The molecule has 1 saturated heterocycles. The van der Waals surface area contributed by atoms with Crippen LogP contribution in [0.25, 0.3) is 10.9 Å². The fraction of sp³-hybridized carbons (Fsp3) is 0.429. The van der Waals surface area contributed by atoms with E-state index >= 15 is 0 Å². The SMILES string of the molecule is C[C@@H]1CN(c2ncc3c(Br)cccc3n2)C[C@H](C)O1. The second kappa shape index (κ2) is 5.06. The van der Waals surface area contributed by atoms with Gasteiger partial charge in [0.1, 0.15) is 0 Å². The summed E-state index contributed by atoms with van der Waals surface area (Å²) in [5.41, 5.74) is 0.964. The lowest BCUT2D eigenvalue weighted by atomic mass is 10.2. The van der Waals surface area contributed by atoms with Crippen LogP contribution in [0.5, 0.6) is 0 Å². The summed E-state index contributed by atoms with van der Waals surface area (Å²) in [5, 5.41) is 1.04. The Hall–Kier alpha value is -1.20. The summed E-state index contributed by atoms with van der Waals surface area (Å²) in [6.45, 7) is 5.84. The molecular weight excluding hydrogens is 306 g/mol. The van der Waals surface area contributed by atoms with Crippen LogP contribution in [0.3, 0.4) is 0 Å². The normalized spacial score (nSPS) is 23.8. The molecule has 5 heteroatoms. The number of hydrogen-bond acceptors (Lipinski definition) is 4. The van der Waals surface area contributed by atoms with Crippen molar-refractivity contribution < 1.29 is 4.74 Å². The molecule has 0 bridgehead atoms. The molecule has 0 amide bonds. The lowest BCUT2D eigenvalue weighted by Crippen LogP contribution is -2.46. The van der Waals surface area contributed by atoms with Crippen LogP contribution in [0.15, 0.2) is 28.9 Å². The first kappa shape index (κ1) is 12.8. The van der Waals surface area contributed by atoms with Crippen molar-refractivity contribution in [3.05, 3.63) is 28.9 Å². The van der Waals surface area contributed by atoms with Crippen molar-refractivity contribution in [2.75, 3.05) is 18.0 Å². The highest BCUT2D eigenvalue weighted by molar-refractivity contribution is 9.10. The van der Waals surface area contributed by atoms with Crippen molar-refractivity contribution in [1.82, 2.24) is 9.97 Å². The predicted octanol–water partition coefficient (Wildman–Crippen LogP) is 3.01. The maximum atomic E-state index is 5.74.